The molecule has 0 fully saturated rings. The third-order valence-electron chi connectivity index (χ3n) is 2.08. The Morgan fingerprint density at radius 2 is 2.00 bits per heavy atom. The number of ether oxygens (including phenoxy) is 1. The number of anilines is 1. The summed E-state index contributed by atoms with van der Waals surface area (Å²) in [6, 6.07) is 11.4. The molecule has 1 heterocycles. The van der Waals surface area contributed by atoms with Gasteiger partial charge < -0.3 is 10.5 Å². The van der Waals surface area contributed by atoms with Crippen molar-refractivity contribution in [2.75, 3.05) is 5.73 Å². The fourth-order valence-corrected chi connectivity index (χ4v) is 1.26. The van der Waals surface area contributed by atoms with E-state index in [2.05, 4.69) is 4.98 Å². The number of para-hydroxylation sites is 1. The zero-order valence-corrected chi connectivity index (χ0v) is 8.26. The van der Waals surface area contributed by atoms with E-state index >= 15 is 0 Å². The smallest absolute Gasteiger partial charge is 0.138 e. The van der Waals surface area contributed by atoms with Crippen LogP contribution in [0.3, 0.4) is 0 Å². The van der Waals surface area contributed by atoms with Crippen LogP contribution < -0.4 is 10.5 Å². The Hall–Kier alpha value is -2.03. The molecule has 76 valence electrons. The molecule has 2 rings (SSSR count). The quantitative estimate of drug-likeness (QED) is 0.773. The summed E-state index contributed by atoms with van der Waals surface area (Å²) in [6.07, 6.45) is 3.39. The molecule has 3 heteroatoms. The second-order valence-electron chi connectivity index (χ2n) is 3.18. The van der Waals surface area contributed by atoms with Gasteiger partial charge in [-0.3, -0.25) is 4.98 Å². The second-order valence-corrected chi connectivity index (χ2v) is 3.18. The summed E-state index contributed by atoms with van der Waals surface area (Å²) in [6.45, 7) is 0.471. The Morgan fingerprint density at radius 3 is 2.73 bits per heavy atom. The number of benzene rings is 1. The topological polar surface area (TPSA) is 48.1 Å². The van der Waals surface area contributed by atoms with Crippen LogP contribution in [0.15, 0.2) is 48.8 Å². The van der Waals surface area contributed by atoms with E-state index in [-0.39, 0.29) is 0 Å². The van der Waals surface area contributed by atoms with Crippen molar-refractivity contribution >= 4 is 5.69 Å². The Labute approximate surface area is 88.5 Å². The van der Waals surface area contributed by atoms with Gasteiger partial charge in [-0.15, -0.1) is 0 Å². The van der Waals surface area contributed by atoms with Crippen LogP contribution in [0, 0.1) is 0 Å². The molecule has 0 aliphatic heterocycles. The average Bonchev–Trinajstić information content (AvgIpc) is 2.29. The van der Waals surface area contributed by atoms with Crippen LogP contribution >= 0.6 is 0 Å². The lowest BCUT2D eigenvalue weighted by atomic mass is 10.2. The van der Waals surface area contributed by atoms with E-state index in [0.29, 0.717) is 6.61 Å². The van der Waals surface area contributed by atoms with Crippen molar-refractivity contribution in [3.05, 3.63) is 54.4 Å². The van der Waals surface area contributed by atoms with Gasteiger partial charge in [0.1, 0.15) is 12.4 Å². The van der Waals surface area contributed by atoms with Gasteiger partial charge >= 0.3 is 0 Å². The van der Waals surface area contributed by atoms with Crippen LogP contribution in [0.5, 0.6) is 5.75 Å². The predicted octanol–water partition coefficient (Wildman–Crippen LogP) is 2.24. The lowest BCUT2D eigenvalue weighted by Crippen LogP contribution is -1.99. The van der Waals surface area contributed by atoms with Crippen LogP contribution in [0.1, 0.15) is 5.56 Å². The molecule has 15 heavy (non-hydrogen) atoms. The van der Waals surface area contributed by atoms with Gasteiger partial charge in [-0.05, 0) is 18.2 Å². The van der Waals surface area contributed by atoms with Crippen molar-refractivity contribution in [3.63, 3.8) is 0 Å². The number of hydrogen-bond donors (Lipinski definition) is 1. The molecular weight excluding hydrogens is 188 g/mol. The summed E-state index contributed by atoms with van der Waals surface area (Å²) in [5.41, 5.74) is 7.53. The molecule has 0 unspecified atom stereocenters. The van der Waals surface area contributed by atoms with E-state index in [0.717, 1.165) is 17.0 Å². The summed E-state index contributed by atoms with van der Waals surface area (Å²) in [4.78, 5) is 3.96. The van der Waals surface area contributed by atoms with Crippen molar-refractivity contribution < 1.29 is 4.74 Å². The fraction of sp³-hybridized carbons (Fsp3) is 0.0833. The van der Waals surface area contributed by atoms with Gasteiger partial charge in [-0.1, -0.05) is 18.2 Å². The minimum Gasteiger partial charge on any atom is -0.487 e. The first-order valence-electron chi connectivity index (χ1n) is 4.72. The fourth-order valence-electron chi connectivity index (χ4n) is 1.26. The van der Waals surface area contributed by atoms with Crippen molar-refractivity contribution in [2.45, 2.75) is 6.61 Å². The van der Waals surface area contributed by atoms with E-state index < -0.39 is 0 Å². The van der Waals surface area contributed by atoms with Crippen LogP contribution in [0.2, 0.25) is 0 Å². The normalized spacial score (nSPS) is 9.87. The predicted molar refractivity (Wildman–Crippen MR) is 59.4 cm³/mol. The zero-order chi connectivity index (χ0) is 10.5. The molecule has 0 atom stereocenters. The Balaban J connectivity index is 2.03. The molecule has 0 bridgehead atoms. The summed E-state index contributed by atoms with van der Waals surface area (Å²) in [5.74, 6) is 0.751. The largest absolute Gasteiger partial charge is 0.487 e. The van der Waals surface area contributed by atoms with Crippen molar-refractivity contribution in [2.24, 2.45) is 0 Å². The van der Waals surface area contributed by atoms with Crippen LogP contribution in [0.25, 0.3) is 0 Å². The first-order valence-corrected chi connectivity index (χ1v) is 4.72. The molecule has 0 spiro atoms. The number of nitrogens with zero attached hydrogens (tertiary/aromatic N) is 1. The van der Waals surface area contributed by atoms with Crippen molar-refractivity contribution in [1.82, 2.24) is 4.98 Å². The SMILES string of the molecule is Nc1ccccc1COc1cccnc1. The zero-order valence-electron chi connectivity index (χ0n) is 8.26. The van der Waals surface area contributed by atoms with Crippen LogP contribution in [0.4, 0.5) is 5.69 Å². The lowest BCUT2D eigenvalue weighted by molar-refractivity contribution is 0.305. The highest BCUT2D eigenvalue weighted by Gasteiger charge is 1.98. The maximum Gasteiger partial charge on any atom is 0.138 e. The standard InChI is InChI=1S/C12H12N2O/c13-12-6-2-1-4-10(12)9-15-11-5-3-7-14-8-11/h1-8H,9,13H2. The molecule has 3 nitrogen and oxygen atoms in total. The highest BCUT2D eigenvalue weighted by atomic mass is 16.5. The van der Waals surface area contributed by atoms with E-state index in [4.69, 9.17) is 10.5 Å². The first kappa shape index (κ1) is 9.52. The van der Waals surface area contributed by atoms with Gasteiger partial charge in [0.05, 0.1) is 6.20 Å². The molecule has 1 aromatic heterocycles. The molecule has 0 amide bonds. The van der Waals surface area contributed by atoms with E-state index in [1.54, 1.807) is 12.4 Å². The Morgan fingerprint density at radius 1 is 1.13 bits per heavy atom. The third kappa shape index (κ3) is 2.47. The molecule has 2 N–H and O–H groups in total. The summed E-state index contributed by atoms with van der Waals surface area (Å²) >= 11 is 0. The number of aromatic nitrogens is 1. The molecule has 2 aromatic rings. The maximum atomic E-state index is 5.79. The number of hydrogen-bond acceptors (Lipinski definition) is 3. The minimum atomic E-state index is 0.471. The summed E-state index contributed by atoms with van der Waals surface area (Å²) in [5, 5.41) is 0. The first-order chi connectivity index (χ1) is 7.36. The van der Waals surface area contributed by atoms with Gasteiger partial charge in [0.25, 0.3) is 0 Å². The molecule has 0 saturated carbocycles. The number of pyridine rings is 1. The third-order valence-corrected chi connectivity index (χ3v) is 2.08. The highest BCUT2D eigenvalue weighted by Crippen LogP contribution is 2.14. The second kappa shape index (κ2) is 4.46. The maximum absolute atomic E-state index is 5.79. The Kier molecular flexibility index (Phi) is 2.83. The molecule has 0 aliphatic carbocycles. The van der Waals surface area contributed by atoms with Gasteiger partial charge in [-0.25, -0.2) is 0 Å². The molecule has 0 saturated heterocycles. The minimum absolute atomic E-state index is 0.471. The van der Waals surface area contributed by atoms with Crippen molar-refractivity contribution in [1.29, 1.82) is 0 Å². The van der Waals surface area contributed by atoms with E-state index in [1.807, 2.05) is 36.4 Å². The monoisotopic (exact) mass is 200 g/mol. The molecule has 0 aliphatic rings. The molecular formula is C12H12N2O. The van der Waals surface area contributed by atoms with Gasteiger partial charge in [0.2, 0.25) is 0 Å². The van der Waals surface area contributed by atoms with Gasteiger partial charge in [0.15, 0.2) is 0 Å². The van der Waals surface area contributed by atoms with E-state index in [1.165, 1.54) is 0 Å². The summed E-state index contributed by atoms with van der Waals surface area (Å²) < 4.78 is 5.53. The summed E-state index contributed by atoms with van der Waals surface area (Å²) in [7, 11) is 0. The number of rotatable bonds is 3. The van der Waals surface area contributed by atoms with Gasteiger partial charge in [-0.2, -0.15) is 0 Å². The van der Waals surface area contributed by atoms with Crippen molar-refractivity contribution in [3.8, 4) is 5.75 Å². The lowest BCUT2D eigenvalue weighted by Gasteiger charge is -2.07. The van der Waals surface area contributed by atoms with E-state index in [9.17, 15) is 0 Å². The number of nitrogens with two attached hydrogens (primary N) is 1. The average molecular weight is 200 g/mol. The highest BCUT2D eigenvalue weighted by molar-refractivity contribution is 5.46. The molecule has 0 radical (unpaired) electrons. The van der Waals surface area contributed by atoms with Gasteiger partial charge in [0, 0.05) is 17.4 Å². The molecule has 1 aromatic carbocycles. The van der Waals surface area contributed by atoms with Crippen LogP contribution in [-0.4, -0.2) is 4.98 Å². The number of nitrogen functional groups attached to an aromatic ring is 1. The van der Waals surface area contributed by atoms with Crippen LogP contribution in [-0.2, 0) is 6.61 Å². The Bertz CT molecular complexity index is 429.